The van der Waals surface area contributed by atoms with Gasteiger partial charge in [-0.1, -0.05) is 0 Å². The molecule has 0 bridgehead atoms. The van der Waals surface area contributed by atoms with Crippen LogP contribution in [0.2, 0.25) is 0 Å². The summed E-state index contributed by atoms with van der Waals surface area (Å²) in [5.74, 6) is -0.420. The fraction of sp³-hybridized carbons (Fsp3) is 0.875. The van der Waals surface area contributed by atoms with Crippen LogP contribution in [-0.2, 0) is 14.3 Å². The maximum Gasteiger partial charge on any atom is 0.302 e. The summed E-state index contributed by atoms with van der Waals surface area (Å²) in [5, 5.41) is 18.6. The Hall–Kier alpha value is -0.650. The van der Waals surface area contributed by atoms with Gasteiger partial charge in [-0.2, -0.15) is 0 Å². The largest absolute Gasteiger partial charge is 0.463 e. The Kier molecular flexibility index (Phi) is 3.65. The molecule has 13 heavy (non-hydrogen) atoms. The second kappa shape index (κ2) is 4.55. The van der Waals surface area contributed by atoms with Crippen molar-refractivity contribution in [3.05, 3.63) is 0 Å². The lowest BCUT2D eigenvalue weighted by molar-refractivity contribution is -0.167. The van der Waals surface area contributed by atoms with Crippen molar-refractivity contribution < 1.29 is 24.5 Å². The highest BCUT2D eigenvalue weighted by atomic mass is 16.6. The summed E-state index contributed by atoms with van der Waals surface area (Å²) in [7, 11) is 0. The van der Waals surface area contributed by atoms with E-state index in [1.807, 2.05) is 0 Å². The molecule has 0 spiro atoms. The minimum absolute atomic E-state index is 0.00639. The van der Waals surface area contributed by atoms with E-state index in [-0.39, 0.29) is 6.61 Å². The summed E-state index contributed by atoms with van der Waals surface area (Å²) in [6, 6.07) is 0. The molecule has 0 aliphatic carbocycles. The van der Waals surface area contributed by atoms with Crippen LogP contribution in [0.5, 0.6) is 0 Å². The van der Waals surface area contributed by atoms with Gasteiger partial charge in [0.25, 0.3) is 0 Å². The van der Waals surface area contributed by atoms with Crippen molar-refractivity contribution in [1.82, 2.24) is 0 Å². The first-order chi connectivity index (χ1) is 6.11. The zero-order chi connectivity index (χ0) is 9.84. The third-order valence-corrected chi connectivity index (χ3v) is 1.97. The summed E-state index contributed by atoms with van der Waals surface area (Å²) in [5.41, 5.74) is 0. The summed E-state index contributed by atoms with van der Waals surface area (Å²) >= 11 is 0. The van der Waals surface area contributed by atoms with Crippen LogP contribution >= 0.6 is 0 Å². The predicted molar refractivity (Wildman–Crippen MR) is 43.0 cm³/mol. The number of esters is 1. The van der Waals surface area contributed by atoms with Gasteiger partial charge in [0.1, 0.15) is 18.8 Å². The second-order valence-corrected chi connectivity index (χ2v) is 3.06. The minimum atomic E-state index is -0.965. The van der Waals surface area contributed by atoms with Crippen LogP contribution in [0, 0.1) is 0 Å². The van der Waals surface area contributed by atoms with E-state index in [1.165, 1.54) is 6.92 Å². The van der Waals surface area contributed by atoms with E-state index in [2.05, 4.69) is 4.74 Å². The van der Waals surface area contributed by atoms with Crippen molar-refractivity contribution in [2.24, 2.45) is 0 Å². The lowest BCUT2D eigenvalue weighted by atomic mass is 10.0. The molecule has 76 valence electrons. The number of ether oxygens (including phenoxy) is 2. The fourth-order valence-corrected chi connectivity index (χ4v) is 1.20. The normalized spacial score (nSPS) is 34.2. The van der Waals surface area contributed by atoms with Crippen LogP contribution in [0.4, 0.5) is 0 Å². The topological polar surface area (TPSA) is 76.0 Å². The Balaban J connectivity index is 2.35. The summed E-state index contributed by atoms with van der Waals surface area (Å²) in [6.07, 6.45) is -1.94. The van der Waals surface area contributed by atoms with Crippen molar-refractivity contribution in [3.63, 3.8) is 0 Å². The van der Waals surface area contributed by atoms with Crippen molar-refractivity contribution in [3.8, 4) is 0 Å². The molecular formula is C8H14O5. The molecule has 1 aliphatic rings. The molecule has 3 atom stereocenters. The van der Waals surface area contributed by atoms with E-state index in [9.17, 15) is 15.0 Å². The van der Waals surface area contributed by atoms with E-state index < -0.39 is 24.3 Å². The lowest BCUT2D eigenvalue weighted by Gasteiger charge is -2.31. The molecule has 0 aromatic carbocycles. The first-order valence-electron chi connectivity index (χ1n) is 4.22. The Labute approximate surface area is 76.3 Å². The van der Waals surface area contributed by atoms with Gasteiger partial charge in [0, 0.05) is 13.5 Å². The number of carbonyl (C=O) groups is 1. The summed E-state index contributed by atoms with van der Waals surface area (Å²) < 4.78 is 9.79. The van der Waals surface area contributed by atoms with E-state index in [4.69, 9.17) is 4.74 Å². The van der Waals surface area contributed by atoms with E-state index in [1.54, 1.807) is 0 Å². The number of aliphatic hydroxyl groups is 2. The Bertz CT molecular complexity index is 181. The maximum absolute atomic E-state index is 10.5. The summed E-state index contributed by atoms with van der Waals surface area (Å²) in [4.78, 5) is 10.5. The van der Waals surface area contributed by atoms with Gasteiger partial charge in [0.15, 0.2) is 0 Å². The molecule has 0 aromatic rings. The van der Waals surface area contributed by atoms with Crippen LogP contribution < -0.4 is 0 Å². The fourth-order valence-electron chi connectivity index (χ4n) is 1.20. The van der Waals surface area contributed by atoms with Crippen LogP contribution in [0.25, 0.3) is 0 Å². The third kappa shape index (κ3) is 2.95. The van der Waals surface area contributed by atoms with E-state index in [0.717, 1.165) is 0 Å². The standard InChI is InChI=1S/C8H14O5/c1-5(9)13-4-7-8(11)6(10)2-3-12-7/h6-8,10-11H,2-4H2,1H3/t6?,7?,8-/m1/s1. The van der Waals surface area contributed by atoms with Crippen LogP contribution in [0.15, 0.2) is 0 Å². The molecule has 5 heteroatoms. The molecular weight excluding hydrogens is 176 g/mol. The van der Waals surface area contributed by atoms with Crippen molar-refractivity contribution in [2.45, 2.75) is 31.7 Å². The van der Waals surface area contributed by atoms with E-state index >= 15 is 0 Å². The quantitative estimate of drug-likeness (QED) is 0.550. The minimum Gasteiger partial charge on any atom is -0.463 e. The van der Waals surface area contributed by atoms with Gasteiger partial charge < -0.3 is 19.7 Å². The molecule has 2 unspecified atom stereocenters. The molecule has 2 N–H and O–H groups in total. The van der Waals surface area contributed by atoms with Gasteiger partial charge in [0.2, 0.25) is 0 Å². The third-order valence-electron chi connectivity index (χ3n) is 1.97. The monoisotopic (exact) mass is 190 g/mol. The molecule has 1 saturated heterocycles. The molecule has 5 nitrogen and oxygen atoms in total. The SMILES string of the molecule is CC(=O)OCC1OCCC(O)[C@H]1O. The number of carbonyl (C=O) groups excluding carboxylic acids is 1. The van der Waals surface area contributed by atoms with Gasteiger partial charge in [0.05, 0.1) is 6.10 Å². The Morgan fingerprint density at radius 3 is 2.92 bits per heavy atom. The second-order valence-electron chi connectivity index (χ2n) is 3.06. The number of aliphatic hydroxyl groups excluding tert-OH is 2. The molecule has 1 fully saturated rings. The van der Waals surface area contributed by atoms with E-state index in [0.29, 0.717) is 13.0 Å². The number of hydrogen-bond acceptors (Lipinski definition) is 5. The zero-order valence-corrected chi connectivity index (χ0v) is 7.47. The first kappa shape index (κ1) is 10.4. The molecule has 0 saturated carbocycles. The first-order valence-corrected chi connectivity index (χ1v) is 4.22. The lowest BCUT2D eigenvalue weighted by Crippen LogP contribution is -2.46. The predicted octanol–water partition coefficient (Wildman–Crippen LogP) is -0.940. The van der Waals surface area contributed by atoms with Gasteiger partial charge >= 0.3 is 5.97 Å². The van der Waals surface area contributed by atoms with Crippen LogP contribution in [0.3, 0.4) is 0 Å². The molecule has 1 heterocycles. The number of hydrogen-bond donors (Lipinski definition) is 2. The van der Waals surface area contributed by atoms with Gasteiger partial charge in [-0.15, -0.1) is 0 Å². The Morgan fingerprint density at radius 2 is 2.31 bits per heavy atom. The number of rotatable bonds is 2. The highest BCUT2D eigenvalue weighted by Crippen LogP contribution is 2.14. The van der Waals surface area contributed by atoms with Gasteiger partial charge in [-0.05, 0) is 6.42 Å². The smallest absolute Gasteiger partial charge is 0.302 e. The molecule has 1 rings (SSSR count). The van der Waals surface area contributed by atoms with Crippen LogP contribution in [-0.4, -0.2) is 47.7 Å². The van der Waals surface area contributed by atoms with Crippen molar-refractivity contribution in [1.29, 1.82) is 0 Å². The average molecular weight is 190 g/mol. The summed E-state index contributed by atoms with van der Waals surface area (Å²) in [6.45, 7) is 1.66. The zero-order valence-electron chi connectivity index (χ0n) is 7.47. The molecule has 1 aliphatic heterocycles. The molecule has 0 amide bonds. The Morgan fingerprint density at radius 1 is 1.62 bits per heavy atom. The van der Waals surface area contributed by atoms with Gasteiger partial charge in [-0.3, -0.25) is 4.79 Å². The molecule has 0 aromatic heterocycles. The van der Waals surface area contributed by atoms with Crippen LogP contribution in [0.1, 0.15) is 13.3 Å². The highest BCUT2D eigenvalue weighted by Gasteiger charge is 2.31. The molecule has 0 radical (unpaired) electrons. The highest BCUT2D eigenvalue weighted by molar-refractivity contribution is 5.65. The maximum atomic E-state index is 10.5. The van der Waals surface area contributed by atoms with Crippen molar-refractivity contribution in [2.75, 3.05) is 13.2 Å². The van der Waals surface area contributed by atoms with Gasteiger partial charge in [-0.25, -0.2) is 0 Å². The van der Waals surface area contributed by atoms with Crippen molar-refractivity contribution >= 4 is 5.97 Å². The average Bonchev–Trinajstić information content (AvgIpc) is 2.07.